The number of nitrogens with zero attached hydrogens (tertiary/aromatic N) is 1. The van der Waals surface area contributed by atoms with Crippen LogP contribution in [0.15, 0.2) is 36.4 Å². The van der Waals surface area contributed by atoms with Crippen LogP contribution in [0.1, 0.15) is 15.9 Å². The van der Waals surface area contributed by atoms with Crippen molar-refractivity contribution in [2.45, 2.75) is 6.92 Å². The summed E-state index contributed by atoms with van der Waals surface area (Å²) < 4.78 is 26.5. The number of carbonyl (C=O) groups excluding carboxylic acids is 1. The van der Waals surface area contributed by atoms with Crippen molar-refractivity contribution in [2.75, 3.05) is 17.7 Å². The van der Waals surface area contributed by atoms with Crippen molar-refractivity contribution in [3.05, 3.63) is 59.2 Å². The van der Waals surface area contributed by atoms with E-state index in [4.69, 9.17) is 5.73 Å². The summed E-state index contributed by atoms with van der Waals surface area (Å²) in [5.74, 6) is -1.33. The molecule has 2 aromatic rings. The van der Waals surface area contributed by atoms with Gasteiger partial charge in [-0.2, -0.15) is 0 Å². The molecule has 0 aliphatic carbocycles. The Morgan fingerprint density at radius 3 is 2.30 bits per heavy atom. The van der Waals surface area contributed by atoms with Gasteiger partial charge in [0.25, 0.3) is 5.91 Å². The molecule has 1 amide bonds. The number of nitrogens with two attached hydrogens (primary N) is 1. The molecule has 0 fully saturated rings. The van der Waals surface area contributed by atoms with E-state index in [-0.39, 0.29) is 17.1 Å². The number of anilines is 2. The summed E-state index contributed by atoms with van der Waals surface area (Å²) in [6.07, 6.45) is 0. The highest BCUT2D eigenvalue weighted by molar-refractivity contribution is 6.06. The molecule has 2 aromatic carbocycles. The number of hydrogen-bond acceptors (Lipinski definition) is 2. The Balaban J connectivity index is 2.33. The molecular weight excluding hydrogens is 262 g/mol. The molecule has 0 spiro atoms. The first kappa shape index (κ1) is 14.0. The summed E-state index contributed by atoms with van der Waals surface area (Å²) in [7, 11) is 1.53. The molecule has 0 atom stereocenters. The summed E-state index contributed by atoms with van der Waals surface area (Å²) in [6.45, 7) is 1.54. The Morgan fingerprint density at radius 2 is 1.75 bits per heavy atom. The lowest BCUT2D eigenvalue weighted by Gasteiger charge is -2.18. The molecule has 5 heteroatoms. The Bertz CT molecular complexity index is 630. The van der Waals surface area contributed by atoms with Crippen LogP contribution < -0.4 is 10.6 Å². The standard InChI is InChI=1S/C15H14F2N2O/c1-9-13(17)7-10(8-14(9)18)15(20)19(2)12-5-3-11(16)4-6-12/h3-8H,18H2,1-2H3. The number of nitrogen functional groups attached to an aromatic ring is 1. The van der Waals surface area contributed by atoms with Gasteiger partial charge in [-0.15, -0.1) is 0 Å². The predicted octanol–water partition coefficient (Wildman–Crippen LogP) is 3.13. The summed E-state index contributed by atoms with van der Waals surface area (Å²) in [5, 5.41) is 0. The van der Waals surface area contributed by atoms with E-state index in [2.05, 4.69) is 0 Å². The van der Waals surface area contributed by atoms with Crippen LogP contribution in [0.3, 0.4) is 0 Å². The lowest BCUT2D eigenvalue weighted by atomic mass is 10.1. The van der Waals surface area contributed by atoms with Crippen LogP contribution in [0.25, 0.3) is 0 Å². The molecule has 2 rings (SSSR count). The fourth-order valence-electron chi connectivity index (χ4n) is 1.80. The van der Waals surface area contributed by atoms with Gasteiger partial charge < -0.3 is 10.6 Å². The van der Waals surface area contributed by atoms with Gasteiger partial charge >= 0.3 is 0 Å². The minimum Gasteiger partial charge on any atom is -0.398 e. The van der Waals surface area contributed by atoms with Gasteiger partial charge in [-0.25, -0.2) is 8.78 Å². The van der Waals surface area contributed by atoms with Gasteiger partial charge in [0.1, 0.15) is 11.6 Å². The zero-order valence-corrected chi connectivity index (χ0v) is 11.2. The van der Waals surface area contributed by atoms with Crippen LogP contribution in [-0.4, -0.2) is 13.0 Å². The largest absolute Gasteiger partial charge is 0.398 e. The number of amides is 1. The van der Waals surface area contributed by atoms with E-state index in [1.165, 1.54) is 42.3 Å². The fraction of sp³-hybridized carbons (Fsp3) is 0.133. The monoisotopic (exact) mass is 276 g/mol. The second-order valence-electron chi connectivity index (χ2n) is 4.51. The van der Waals surface area contributed by atoms with Crippen molar-refractivity contribution in [1.82, 2.24) is 0 Å². The van der Waals surface area contributed by atoms with Gasteiger partial charge in [0.2, 0.25) is 0 Å². The Labute approximate surface area is 115 Å². The molecule has 0 aliphatic heterocycles. The first-order valence-electron chi connectivity index (χ1n) is 5.99. The van der Waals surface area contributed by atoms with Crippen molar-refractivity contribution >= 4 is 17.3 Å². The van der Waals surface area contributed by atoms with Crippen LogP contribution in [0, 0.1) is 18.6 Å². The molecule has 3 nitrogen and oxygen atoms in total. The molecule has 104 valence electrons. The lowest BCUT2D eigenvalue weighted by Crippen LogP contribution is -2.26. The molecular formula is C15H14F2N2O. The minimum atomic E-state index is -0.527. The SMILES string of the molecule is Cc1c(N)cc(C(=O)N(C)c2ccc(F)cc2)cc1F. The third-order valence-electron chi connectivity index (χ3n) is 3.15. The maximum atomic E-state index is 13.6. The highest BCUT2D eigenvalue weighted by Crippen LogP contribution is 2.21. The summed E-state index contributed by atoms with van der Waals surface area (Å²) in [5.41, 5.74) is 6.85. The Kier molecular flexibility index (Phi) is 3.70. The van der Waals surface area contributed by atoms with Crippen molar-refractivity contribution in [2.24, 2.45) is 0 Å². The van der Waals surface area contributed by atoms with Gasteiger partial charge in [0.15, 0.2) is 0 Å². The average Bonchev–Trinajstić information content (AvgIpc) is 2.43. The third-order valence-corrected chi connectivity index (χ3v) is 3.15. The van der Waals surface area contributed by atoms with Gasteiger partial charge in [0.05, 0.1) is 0 Å². The van der Waals surface area contributed by atoms with Crippen molar-refractivity contribution in [1.29, 1.82) is 0 Å². The lowest BCUT2D eigenvalue weighted by molar-refractivity contribution is 0.0992. The zero-order valence-electron chi connectivity index (χ0n) is 11.2. The summed E-state index contributed by atoms with van der Waals surface area (Å²) in [6, 6.07) is 8.03. The second kappa shape index (κ2) is 5.28. The molecule has 0 radical (unpaired) electrons. The zero-order chi connectivity index (χ0) is 14.9. The maximum absolute atomic E-state index is 13.6. The number of benzene rings is 2. The molecule has 0 saturated carbocycles. The van der Waals surface area contributed by atoms with Crippen LogP contribution in [0.2, 0.25) is 0 Å². The smallest absolute Gasteiger partial charge is 0.258 e. The second-order valence-corrected chi connectivity index (χ2v) is 4.51. The van der Waals surface area contributed by atoms with Crippen LogP contribution in [-0.2, 0) is 0 Å². The molecule has 0 saturated heterocycles. The third kappa shape index (κ3) is 2.61. The molecule has 0 unspecified atom stereocenters. The van der Waals surface area contributed by atoms with E-state index in [1.807, 2.05) is 0 Å². The molecule has 0 bridgehead atoms. The summed E-state index contributed by atoms with van der Waals surface area (Å²) >= 11 is 0. The number of carbonyl (C=O) groups is 1. The van der Waals surface area contributed by atoms with Crippen LogP contribution >= 0.6 is 0 Å². The van der Waals surface area contributed by atoms with E-state index in [0.717, 1.165) is 6.07 Å². The topological polar surface area (TPSA) is 46.3 Å². The van der Waals surface area contributed by atoms with E-state index < -0.39 is 11.7 Å². The van der Waals surface area contributed by atoms with Crippen LogP contribution in [0.4, 0.5) is 20.2 Å². The van der Waals surface area contributed by atoms with Crippen molar-refractivity contribution in [3.8, 4) is 0 Å². The maximum Gasteiger partial charge on any atom is 0.258 e. The molecule has 0 heterocycles. The van der Waals surface area contributed by atoms with Gasteiger partial charge in [-0.05, 0) is 43.3 Å². The number of rotatable bonds is 2. The highest BCUT2D eigenvalue weighted by atomic mass is 19.1. The van der Waals surface area contributed by atoms with E-state index >= 15 is 0 Å². The predicted molar refractivity (Wildman–Crippen MR) is 74.7 cm³/mol. The Morgan fingerprint density at radius 1 is 1.15 bits per heavy atom. The van der Waals surface area contributed by atoms with Crippen molar-refractivity contribution < 1.29 is 13.6 Å². The van der Waals surface area contributed by atoms with Crippen LogP contribution in [0.5, 0.6) is 0 Å². The normalized spacial score (nSPS) is 10.4. The molecule has 0 aliphatic rings. The van der Waals surface area contributed by atoms with Gasteiger partial charge in [0, 0.05) is 29.5 Å². The molecule has 20 heavy (non-hydrogen) atoms. The van der Waals surface area contributed by atoms with E-state index in [0.29, 0.717) is 11.3 Å². The molecule has 2 N–H and O–H groups in total. The highest BCUT2D eigenvalue weighted by Gasteiger charge is 2.16. The number of halogens is 2. The summed E-state index contributed by atoms with van der Waals surface area (Å²) in [4.78, 5) is 13.6. The first-order valence-corrected chi connectivity index (χ1v) is 5.99. The molecule has 0 aromatic heterocycles. The average molecular weight is 276 g/mol. The fourth-order valence-corrected chi connectivity index (χ4v) is 1.80. The quantitative estimate of drug-likeness (QED) is 0.856. The van der Waals surface area contributed by atoms with Gasteiger partial charge in [-0.1, -0.05) is 0 Å². The van der Waals surface area contributed by atoms with Gasteiger partial charge in [-0.3, -0.25) is 4.79 Å². The minimum absolute atomic E-state index is 0.150. The number of hydrogen-bond donors (Lipinski definition) is 1. The Hall–Kier alpha value is -2.43. The van der Waals surface area contributed by atoms with Crippen molar-refractivity contribution in [3.63, 3.8) is 0 Å². The van der Waals surface area contributed by atoms with E-state index in [1.54, 1.807) is 6.92 Å². The first-order chi connectivity index (χ1) is 9.40. The van der Waals surface area contributed by atoms with E-state index in [9.17, 15) is 13.6 Å².